The largest absolute Gasteiger partial charge is 0.468 e. The van der Waals surface area contributed by atoms with Crippen LogP contribution in [0.2, 0.25) is 0 Å². The summed E-state index contributed by atoms with van der Waals surface area (Å²) in [6, 6.07) is 0. The van der Waals surface area contributed by atoms with E-state index in [0.717, 1.165) is 11.9 Å². The van der Waals surface area contributed by atoms with Crippen molar-refractivity contribution in [2.75, 3.05) is 7.11 Å². The van der Waals surface area contributed by atoms with Crippen LogP contribution in [0.3, 0.4) is 0 Å². The van der Waals surface area contributed by atoms with Gasteiger partial charge in [-0.1, -0.05) is 18.7 Å². The van der Waals surface area contributed by atoms with Crippen LogP contribution in [0.1, 0.15) is 6.42 Å². The minimum absolute atomic E-state index is 0.0793. The Morgan fingerprint density at radius 3 is 2.80 bits per heavy atom. The standard InChI is InChI=1S/C11H14O4/c1-6-8(4-5-12)10-14-7(2)9(6)11(13-3)15-10/h5,8-11H,1-2,4H2,3H3/t8-,9?,10?,11?/m1/s1. The highest BCUT2D eigenvalue weighted by Crippen LogP contribution is 2.45. The van der Waals surface area contributed by atoms with E-state index in [-0.39, 0.29) is 18.1 Å². The van der Waals surface area contributed by atoms with Crippen LogP contribution >= 0.6 is 0 Å². The molecule has 15 heavy (non-hydrogen) atoms. The molecule has 0 N–H and O–H groups in total. The fourth-order valence-electron chi connectivity index (χ4n) is 2.13. The quantitative estimate of drug-likeness (QED) is 0.519. The summed E-state index contributed by atoms with van der Waals surface area (Å²) in [4.78, 5) is 10.5. The smallest absolute Gasteiger partial charge is 0.209 e. The fraction of sp³-hybridized carbons (Fsp3) is 0.545. The molecule has 0 aromatic rings. The average Bonchev–Trinajstić information content (AvgIpc) is 2.22. The zero-order valence-electron chi connectivity index (χ0n) is 8.64. The first-order chi connectivity index (χ1) is 7.19. The third-order valence-corrected chi connectivity index (χ3v) is 2.94. The van der Waals surface area contributed by atoms with Gasteiger partial charge >= 0.3 is 0 Å². The van der Waals surface area contributed by atoms with Gasteiger partial charge in [0.25, 0.3) is 0 Å². The first kappa shape index (κ1) is 10.4. The lowest BCUT2D eigenvalue weighted by Crippen LogP contribution is -2.51. The van der Waals surface area contributed by atoms with E-state index in [1.54, 1.807) is 7.11 Å². The van der Waals surface area contributed by atoms with E-state index in [1.807, 2.05) is 0 Å². The van der Waals surface area contributed by atoms with Crippen molar-refractivity contribution in [2.45, 2.75) is 19.0 Å². The van der Waals surface area contributed by atoms with Gasteiger partial charge in [0.1, 0.15) is 12.0 Å². The average molecular weight is 210 g/mol. The van der Waals surface area contributed by atoms with E-state index in [2.05, 4.69) is 13.2 Å². The van der Waals surface area contributed by atoms with E-state index in [9.17, 15) is 4.79 Å². The Bertz CT molecular complexity index is 310. The molecule has 3 aliphatic rings. The first-order valence-corrected chi connectivity index (χ1v) is 4.85. The van der Waals surface area contributed by atoms with Gasteiger partial charge in [0.2, 0.25) is 6.29 Å². The number of fused-ring (bicyclic) bond motifs is 3. The highest BCUT2D eigenvalue weighted by molar-refractivity contribution is 5.51. The number of carbonyl (C=O) groups is 1. The Morgan fingerprint density at radius 2 is 2.27 bits per heavy atom. The molecule has 82 valence electrons. The normalized spacial score (nSPS) is 39.0. The molecule has 3 saturated heterocycles. The lowest BCUT2D eigenvalue weighted by molar-refractivity contribution is -0.307. The Labute approximate surface area is 88.5 Å². The van der Waals surface area contributed by atoms with Crippen LogP contribution in [-0.4, -0.2) is 26.0 Å². The van der Waals surface area contributed by atoms with E-state index in [1.165, 1.54) is 0 Å². The SMILES string of the molecule is C=C1OC2OC(OC)C1C(=C)[C@H]2CC=O. The van der Waals surface area contributed by atoms with Gasteiger partial charge in [0, 0.05) is 19.4 Å². The van der Waals surface area contributed by atoms with E-state index in [0.29, 0.717) is 12.2 Å². The predicted octanol–water partition coefficient (Wildman–Crippen LogP) is 1.24. The summed E-state index contributed by atoms with van der Waals surface area (Å²) in [6.07, 6.45) is 0.356. The number of ether oxygens (including phenoxy) is 3. The molecule has 0 aliphatic carbocycles. The molecule has 0 saturated carbocycles. The molecule has 4 nitrogen and oxygen atoms in total. The van der Waals surface area contributed by atoms with Gasteiger partial charge in [0.15, 0.2) is 6.29 Å². The summed E-state index contributed by atoms with van der Waals surface area (Å²) in [5.74, 6) is 0.375. The predicted molar refractivity (Wildman–Crippen MR) is 52.7 cm³/mol. The third kappa shape index (κ3) is 1.50. The lowest BCUT2D eigenvalue weighted by atomic mass is 9.80. The zero-order valence-corrected chi connectivity index (χ0v) is 8.64. The van der Waals surface area contributed by atoms with Gasteiger partial charge in [-0.2, -0.15) is 0 Å². The highest BCUT2D eigenvalue weighted by Gasteiger charge is 2.49. The maximum Gasteiger partial charge on any atom is 0.209 e. The van der Waals surface area contributed by atoms with Crippen molar-refractivity contribution in [1.29, 1.82) is 0 Å². The summed E-state index contributed by atoms with van der Waals surface area (Å²) in [5.41, 5.74) is 0.918. The molecular formula is C11H14O4. The molecule has 0 aromatic heterocycles. The molecule has 3 rings (SSSR count). The molecule has 2 bridgehead atoms. The number of carbonyl (C=O) groups excluding carboxylic acids is 1. The van der Waals surface area contributed by atoms with Gasteiger partial charge in [0.05, 0.1) is 5.92 Å². The van der Waals surface area contributed by atoms with Crippen molar-refractivity contribution in [2.24, 2.45) is 11.8 Å². The maximum atomic E-state index is 10.5. The van der Waals surface area contributed by atoms with Crippen LogP contribution < -0.4 is 0 Å². The van der Waals surface area contributed by atoms with Crippen molar-refractivity contribution >= 4 is 6.29 Å². The Balaban J connectivity index is 2.24. The fourth-order valence-corrected chi connectivity index (χ4v) is 2.13. The summed E-state index contributed by atoms with van der Waals surface area (Å²) in [5, 5.41) is 0. The monoisotopic (exact) mass is 210 g/mol. The number of hydrogen-bond donors (Lipinski definition) is 0. The van der Waals surface area contributed by atoms with Crippen LogP contribution in [0.15, 0.2) is 24.5 Å². The van der Waals surface area contributed by atoms with E-state index in [4.69, 9.17) is 14.2 Å². The second-order valence-corrected chi connectivity index (χ2v) is 3.75. The summed E-state index contributed by atoms with van der Waals surface area (Å²) >= 11 is 0. The molecule has 4 heteroatoms. The molecular weight excluding hydrogens is 196 g/mol. The molecule has 0 radical (unpaired) electrons. The number of aldehydes is 1. The van der Waals surface area contributed by atoms with Gasteiger partial charge < -0.3 is 19.0 Å². The van der Waals surface area contributed by atoms with Gasteiger partial charge in [-0.3, -0.25) is 0 Å². The van der Waals surface area contributed by atoms with Gasteiger partial charge in [-0.05, 0) is 0 Å². The molecule has 3 heterocycles. The highest BCUT2D eigenvalue weighted by atomic mass is 16.8. The summed E-state index contributed by atoms with van der Waals surface area (Å²) in [7, 11) is 1.57. The van der Waals surface area contributed by atoms with Crippen LogP contribution in [0.5, 0.6) is 0 Å². The maximum absolute atomic E-state index is 10.5. The van der Waals surface area contributed by atoms with Crippen LogP contribution in [0.25, 0.3) is 0 Å². The minimum Gasteiger partial charge on any atom is -0.468 e. The second-order valence-electron chi connectivity index (χ2n) is 3.75. The second kappa shape index (κ2) is 3.79. The summed E-state index contributed by atoms with van der Waals surface area (Å²) < 4.78 is 16.1. The minimum atomic E-state index is -0.481. The Kier molecular flexibility index (Phi) is 2.63. The lowest BCUT2D eigenvalue weighted by Gasteiger charge is -2.48. The topological polar surface area (TPSA) is 44.8 Å². The molecule has 3 unspecified atom stereocenters. The number of rotatable bonds is 3. The van der Waals surface area contributed by atoms with Crippen molar-refractivity contribution < 1.29 is 19.0 Å². The number of hydrogen-bond acceptors (Lipinski definition) is 4. The van der Waals surface area contributed by atoms with Crippen molar-refractivity contribution in [3.8, 4) is 0 Å². The first-order valence-electron chi connectivity index (χ1n) is 4.85. The molecule has 0 spiro atoms. The number of methoxy groups -OCH3 is 1. The third-order valence-electron chi connectivity index (χ3n) is 2.94. The van der Waals surface area contributed by atoms with E-state index >= 15 is 0 Å². The molecule has 3 aliphatic heterocycles. The van der Waals surface area contributed by atoms with Crippen molar-refractivity contribution in [3.63, 3.8) is 0 Å². The molecule has 0 aromatic carbocycles. The Hall–Kier alpha value is -1.13. The van der Waals surface area contributed by atoms with Crippen molar-refractivity contribution in [1.82, 2.24) is 0 Å². The van der Waals surface area contributed by atoms with Gasteiger partial charge in [-0.25, -0.2) is 0 Å². The van der Waals surface area contributed by atoms with Crippen molar-refractivity contribution in [3.05, 3.63) is 24.5 Å². The molecule has 4 atom stereocenters. The molecule has 0 amide bonds. The van der Waals surface area contributed by atoms with Gasteiger partial charge in [-0.15, -0.1) is 0 Å². The van der Waals surface area contributed by atoms with Crippen LogP contribution in [0, 0.1) is 11.8 Å². The Morgan fingerprint density at radius 1 is 1.53 bits per heavy atom. The summed E-state index contributed by atoms with van der Waals surface area (Å²) in [6.45, 7) is 7.79. The van der Waals surface area contributed by atoms with Crippen LogP contribution in [0.4, 0.5) is 0 Å². The van der Waals surface area contributed by atoms with Crippen LogP contribution in [-0.2, 0) is 19.0 Å². The molecule has 3 fully saturated rings. The zero-order chi connectivity index (χ0) is 11.0. The van der Waals surface area contributed by atoms with E-state index < -0.39 is 6.29 Å².